The number of hydrogen-bond acceptors (Lipinski definition) is 3. The van der Waals surface area contributed by atoms with Crippen molar-refractivity contribution in [2.45, 2.75) is 10.7 Å². The van der Waals surface area contributed by atoms with Gasteiger partial charge < -0.3 is 4.74 Å². The lowest BCUT2D eigenvalue weighted by atomic mass is 10.4. The summed E-state index contributed by atoms with van der Waals surface area (Å²) < 4.78 is 16.1. The first kappa shape index (κ1) is 11.8. The van der Waals surface area contributed by atoms with Gasteiger partial charge >= 0.3 is 0 Å². The third kappa shape index (κ3) is 2.38. The normalized spacial score (nSPS) is 11.6. The first-order chi connectivity index (χ1) is 6.36. The van der Waals surface area contributed by atoms with Crippen LogP contribution in [0, 0.1) is 12.9 Å². The molecule has 0 unspecified atom stereocenters. The Kier molecular flexibility index (Phi) is 3.40. The van der Waals surface area contributed by atoms with Crippen LogP contribution in [0.1, 0.15) is 11.5 Å². The molecule has 0 radical (unpaired) electrons. The number of aryl methyl sites for hydroxylation is 1. The maximum atomic E-state index is 13.2. The van der Waals surface area contributed by atoms with Gasteiger partial charge in [0.05, 0.1) is 12.8 Å². The topological polar surface area (TPSA) is 35.0 Å². The van der Waals surface area contributed by atoms with Crippen molar-refractivity contribution < 1.29 is 9.13 Å². The minimum atomic E-state index is -1.84. The Bertz CT molecular complexity index is 330. The van der Waals surface area contributed by atoms with E-state index >= 15 is 0 Å². The monoisotopic (exact) mass is 258 g/mol. The summed E-state index contributed by atoms with van der Waals surface area (Å²) in [7, 11) is 1.31. The Labute approximate surface area is 95.2 Å². The molecule has 1 aromatic heterocycles. The molecule has 7 heteroatoms. The number of halogens is 4. The van der Waals surface area contributed by atoms with E-state index in [2.05, 4.69) is 9.97 Å². The molecule has 0 N–H and O–H groups in total. The highest BCUT2D eigenvalue weighted by atomic mass is 35.6. The van der Waals surface area contributed by atoms with Crippen LogP contribution in [-0.2, 0) is 3.79 Å². The van der Waals surface area contributed by atoms with Gasteiger partial charge in [-0.25, -0.2) is 4.98 Å². The predicted molar refractivity (Wildman–Crippen MR) is 52.5 cm³/mol. The summed E-state index contributed by atoms with van der Waals surface area (Å²) in [6.45, 7) is 1.53. The van der Waals surface area contributed by atoms with Crippen molar-refractivity contribution in [3.05, 3.63) is 17.5 Å². The zero-order chi connectivity index (χ0) is 10.9. The number of rotatable bonds is 1. The predicted octanol–water partition coefficient (Wildman–Crippen LogP) is 2.76. The first-order valence-corrected chi connectivity index (χ1v) is 4.65. The molecule has 1 aromatic rings. The fourth-order valence-electron chi connectivity index (χ4n) is 0.886. The van der Waals surface area contributed by atoms with Crippen LogP contribution in [0.3, 0.4) is 0 Å². The van der Waals surface area contributed by atoms with Crippen LogP contribution in [0.5, 0.6) is 5.75 Å². The first-order valence-electron chi connectivity index (χ1n) is 3.51. The third-order valence-electron chi connectivity index (χ3n) is 1.45. The maximum absolute atomic E-state index is 13.2. The average Bonchev–Trinajstić information content (AvgIpc) is 2.01. The highest BCUT2D eigenvalue weighted by Gasteiger charge is 2.29. The molecule has 0 aliphatic heterocycles. The molecule has 0 bridgehead atoms. The molecule has 0 fully saturated rings. The van der Waals surface area contributed by atoms with E-state index in [0.29, 0.717) is 0 Å². The minimum Gasteiger partial charge on any atom is -0.490 e. The molecule has 0 saturated heterocycles. The van der Waals surface area contributed by atoms with Gasteiger partial charge in [-0.1, -0.05) is 34.8 Å². The number of ether oxygens (including phenoxy) is 1. The Hall–Kier alpha value is -0.320. The van der Waals surface area contributed by atoms with Crippen molar-refractivity contribution in [2.24, 2.45) is 0 Å². The van der Waals surface area contributed by atoms with Gasteiger partial charge in [0.2, 0.25) is 3.79 Å². The van der Waals surface area contributed by atoms with Gasteiger partial charge in [-0.2, -0.15) is 9.37 Å². The highest BCUT2D eigenvalue weighted by Crippen LogP contribution is 2.36. The van der Waals surface area contributed by atoms with Gasteiger partial charge in [0.25, 0.3) is 5.95 Å². The van der Waals surface area contributed by atoms with Crippen molar-refractivity contribution >= 4 is 34.8 Å². The van der Waals surface area contributed by atoms with Crippen LogP contribution in [0.2, 0.25) is 0 Å². The van der Waals surface area contributed by atoms with Crippen molar-refractivity contribution in [3.63, 3.8) is 0 Å². The van der Waals surface area contributed by atoms with Crippen LogP contribution >= 0.6 is 34.8 Å². The molecule has 0 saturated carbocycles. The Balaban J connectivity index is 3.28. The van der Waals surface area contributed by atoms with E-state index in [0.717, 1.165) is 0 Å². The summed E-state index contributed by atoms with van der Waals surface area (Å²) in [5.74, 6) is -1.11. The van der Waals surface area contributed by atoms with Crippen molar-refractivity contribution in [3.8, 4) is 5.75 Å². The van der Waals surface area contributed by atoms with Crippen LogP contribution in [-0.4, -0.2) is 17.1 Å². The van der Waals surface area contributed by atoms with Gasteiger partial charge in [0, 0.05) is 0 Å². The SMILES string of the molecule is COc1c(C)nc(C(Cl)(Cl)Cl)nc1F. The second-order valence-corrected chi connectivity index (χ2v) is 4.74. The average molecular weight is 259 g/mol. The Morgan fingerprint density at radius 3 is 2.21 bits per heavy atom. The molecule has 0 amide bonds. The van der Waals surface area contributed by atoms with E-state index in [9.17, 15) is 4.39 Å². The molecule has 1 heterocycles. The molecule has 0 aliphatic carbocycles. The van der Waals surface area contributed by atoms with Crippen molar-refractivity contribution in [2.75, 3.05) is 7.11 Å². The maximum Gasteiger partial charge on any atom is 0.259 e. The van der Waals surface area contributed by atoms with Gasteiger partial charge in [-0.05, 0) is 6.92 Å². The van der Waals surface area contributed by atoms with E-state index < -0.39 is 9.74 Å². The zero-order valence-electron chi connectivity index (χ0n) is 7.31. The van der Waals surface area contributed by atoms with Crippen LogP contribution in [0.15, 0.2) is 0 Å². The molecule has 3 nitrogen and oxygen atoms in total. The standard InChI is InChI=1S/C7H6Cl3FN2O/c1-3-4(14-2)5(11)13-6(12-3)7(8,9)10/h1-2H3. The van der Waals surface area contributed by atoms with Crippen LogP contribution in [0.25, 0.3) is 0 Å². The molecule has 14 heavy (non-hydrogen) atoms. The quantitative estimate of drug-likeness (QED) is 0.574. The van der Waals surface area contributed by atoms with Crippen LogP contribution in [0.4, 0.5) is 4.39 Å². The van der Waals surface area contributed by atoms with Crippen LogP contribution < -0.4 is 4.74 Å². The van der Waals surface area contributed by atoms with Gasteiger partial charge in [0.15, 0.2) is 11.6 Å². The summed E-state index contributed by atoms with van der Waals surface area (Å²) in [6, 6.07) is 0. The van der Waals surface area contributed by atoms with Crippen molar-refractivity contribution in [1.82, 2.24) is 9.97 Å². The number of aromatic nitrogens is 2. The highest BCUT2D eigenvalue weighted by molar-refractivity contribution is 6.66. The van der Waals surface area contributed by atoms with E-state index in [1.807, 2.05) is 0 Å². The Morgan fingerprint density at radius 1 is 1.29 bits per heavy atom. The van der Waals surface area contributed by atoms with E-state index in [-0.39, 0.29) is 17.3 Å². The third-order valence-corrected chi connectivity index (χ3v) is 1.96. The molecule has 78 valence electrons. The van der Waals surface area contributed by atoms with Crippen molar-refractivity contribution in [1.29, 1.82) is 0 Å². The fourth-order valence-corrected chi connectivity index (χ4v) is 1.14. The molecule has 0 spiro atoms. The second-order valence-electron chi connectivity index (χ2n) is 2.45. The summed E-state index contributed by atoms with van der Waals surface area (Å²) in [5.41, 5.74) is 0.279. The van der Waals surface area contributed by atoms with E-state index in [1.54, 1.807) is 0 Å². The minimum absolute atomic E-state index is 0.0528. The summed E-state index contributed by atoms with van der Waals surface area (Å²) in [6.07, 6.45) is 0. The molecule has 1 rings (SSSR count). The molecular formula is C7H6Cl3FN2O. The Morgan fingerprint density at radius 2 is 1.86 bits per heavy atom. The summed E-state index contributed by atoms with van der Waals surface area (Å²) in [5, 5.41) is 0. The lowest BCUT2D eigenvalue weighted by molar-refractivity contribution is 0.369. The molecule has 0 aliphatic rings. The summed E-state index contributed by atoms with van der Waals surface area (Å²) >= 11 is 16.5. The van der Waals surface area contributed by atoms with Gasteiger partial charge in [-0.3, -0.25) is 0 Å². The lowest BCUT2D eigenvalue weighted by Crippen LogP contribution is -2.11. The molecule has 0 atom stereocenters. The van der Waals surface area contributed by atoms with Gasteiger partial charge in [0.1, 0.15) is 0 Å². The lowest BCUT2D eigenvalue weighted by Gasteiger charge is -2.11. The summed E-state index contributed by atoms with van der Waals surface area (Å²) in [4.78, 5) is 7.18. The molecule has 0 aromatic carbocycles. The largest absolute Gasteiger partial charge is 0.490 e. The molecular weight excluding hydrogens is 253 g/mol. The fraction of sp³-hybridized carbons (Fsp3) is 0.429. The van der Waals surface area contributed by atoms with E-state index in [1.165, 1.54) is 14.0 Å². The zero-order valence-corrected chi connectivity index (χ0v) is 9.58. The van der Waals surface area contributed by atoms with Gasteiger partial charge in [-0.15, -0.1) is 0 Å². The number of nitrogens with zero attached hydrogens (tertiary/aromatic N) is 2. The second kappa shape index (κ2) is 4.04. The van der Waals surface area contributed by atoms with E-state index in [4.69, 9.17) is 39.5 Å². The number of methoxy groups -OCH3 is 1. The number of hydrogen-bond donors (Lipinski definition) is 0. The smallest absolute Gasteiger partial charge is 0.259 e. The number of alkyl halides is 3.